The smallest absolute Gasteiger partial charge is 0.225 e. The molecule has 0 bridgehead atoms. The molecule has 4 rings (SSSR count). The van der Waals surface area contributed by atoms with Crippen LogP contribution in [0.3, 0.4) is 0 Å². The first-order valence-corrected chi connectivity index (χ1v) is 9.26. The van der Waals surface area contributed by atoms with E-state index in [1.807, 2.05) is 42.5 Å². The third-order valence-corrected chi connectivity index (χ3v) is 4.95. The molecule has 1 aromatic carbocycles. The Hall–Kier alpha value is -2.37. The van der Waals surface area contributed by atoms with Crippen molar-refractivity contribution in [1.29, 1.82) is 0 Å². The van der Waals surface area contributed by atoms with Crippen LogP contribution in [0, 0.1) is 0 Å². The Labute approximate surface area is 158 Å². The van der Waals surface area contributed by atoms with E-state index in [-0.39, 0.29) is 0 Å². The number of rotatable bonds is 5. The minimum atomic E-state index is 0.390. The highest BCUT2D eigenvalue weighted by molar-refractivity contribution is 6.33. The molecule has 1 fully saturated rings. The molecule has 6 heteroatoms. The molecule has 5 nitrogen and oxygen atoms in total. The first kappa shape index (κ1) is 17.1. The minimum Gasteiger partial charge on any atom is -0.460 e. The van der Waals surface area contributed by atoms with Gasteiger partial charge in [0.1, 0.15) is 11.5 Å². The average molecular weight is 369 g/mol. The zero-order chi connectivity index (χ0) is 17.8. The molecule has 0 aliphatic carbocycles. The molecule has 134 valence electrons. The van der Waals surface area contributed by atoms with E-state index < -0.39 is 0 Å². The van der Waals surface area contributed by atoms with Gasteiger partial charge in [-0.15, -0.1) is 0 Å². The summed E-state index contributed by atoms with van der Waals surface area (Å²) in [5.41, 5.74) is 0.922. The number of nitrogens with one attached hydrogen (secondary N) is 1. The molecule has 26 heavy (non-hydrogen) atoms. The summed E-state index contributed by atoms with van der Waals surface area (Å²) in [5.74, 6) is 2.52. The highest BCUT2D eigenvalue weighted by Gasteiger charge is 2.21. The fraction of sp³-hybridized carbons (Fsp3) is 0.300. The molecule has 0 saturated carbocycles. The van der Waals surface area contributed by atoms with Crippen molar-refractivity contribution in [2.24, 2.45) is 0 Å². The van der Waals surface area contributed by atoms with Crippen molar-refractivity contribution in [2.75, 3.05) is 18.0 Å². The molecule has 0 unspecified atom stereocenters. The minimum absolute atomic E-state index is 0.390. The third kappa shape index (κ3) is 3.89. The van der Waals surface area contributed by atoms with Crippen molar-refractivity contribution in [2.45, 2.75) is 25.4 Å². The summed E-state index contributed by atoms with van der Waals surface area (Å²) < 4.78 is 5.97. The summed E-state index contributed by atoms with van der Waals surface area (Å²) in [5, 5.41) is 4.29. The third-order valence-electron chi connectivity index (χ3n) is 4.62. The summed E-state index contributed by atoms with van der Waals surface area (Å²) in [4.78, 5) is 10.9. The average Bonchev–Trinajstić information content (AvgIpc) is 3.16. The van der Waals surface area contributed by atoms with Crippen LogP contribution in [0.25, 0.3) is 11.3 Å². The van der Waals surface area contributed by atoms with Crippen molar-refractivity contribution in [3.8, 4) is 11.3 Å². The van der Waals surface area contributed by atoms with Crippen LogP contribution >= 0.6 is 11.6 Å². The van der Waals surface area contributed by atoms with Crippen LogP contribution in [0.4, 0.5) is 5.95 Å². The van der Waals surface area contributed by atoms with Crippen molar-refractivity contribution in [3.05, 3.63) is 65.6 Å². The van der Waals surface area contributed by atoms with Crippen LogP contribution in [0.15, 0.2) is 59.3 Å². The number of furan rings is 1. The number of halogens is 1. The second kappa shape index (κ2) is 7.89. The lowest BCUT2D eigenvalue weighted by molar-refractivity contribution is 0.395. The maximum Gasteiger partial charge on any atom is 0.225 e. The molecule has 1 N–H and O–H groups in total. The van der Waals surface area contributed by atoms with E-state index in [2.05, 4.69) is 20.2 Å². The van der Waals surface area contributed by atoms with Crippen molar-refractivity contribution in [1.82, 2.24) is 15.3 Å². The summed E-state index contributed by atoms with van der Waals surface area (Å²) in [6.07, 6.45) is 5.84. The van der Waals surface area contributed by atoms with Gasteiger partial charge in [-0.2, -0.15) is 0 Å². The quantitative estimate of drug-likeness (QED) is 0.733. The number of benzene rings is 1. The molecule has 3 heterocycles. The van der Waals surface area contributed by atoms with Crippen LogP contribution in [0.2, 0.25) is 5.02 Å². The van der Waals surface area contributed by atoms with Crippen molar-refractivity contribution >= 4 is 17.5 Å². The van der Waals surface area contributed by atoms with E-state index in [0.717, 1.165) is 49.0 Å². The normalized spacial score (nSPS) is 17.4. The van der Waals surface area contributed by atoms with Gasteiger partial charge >= 0.3 is 0 Å². The van der Waals surface area contributed by atoms with E-state index in [0.29, 0.717) is 17.6 Å². The van der Waals surface area contributed by atoms with Gasteiger partial charge in [-0.05, 0) is 43.2 Å². The van der Waals surface area contributed by atoms with Crippen LogP contribution in [-0.4, -0.2) is 29.1 Å². The van der Waals surface area contributed by atoms with Crippen LogP contribution < -0.4 is 10.2 Å². The number of aromatic nitrogens is 2. The molecule has 3 aromatic rings. The lowest BCUT2D eigenvalue weighted by Crippen LogP contribution is -2.46. The lowest BCUT2D eigenvalue weighted by Gasteiger charge is -2.33. The molecule has 1 atom stereocenters. The Morgan fingerprint density at radius 1 is 1.12 bits per heavy atom. The SMILES string of the molecule is Clc1ccccc1-c1ccc(CN[C@H]2CCCN(c3ncccn3)C2)o1. The maximum atomic E-state index is 6.25. The van der Waals surface area contributed by atoms with Crippen LogP contribution in [0.5, 0.6) is 0 Å². The fourth-order valence-electron chi connectivity index (χ4n) is 3.30. The molecule has 1 aliphatic rings. The summed E-state index contributed by atoms with van der Waals surface area (Å²) in [6, 6.07) is 13.9. The molecule has 2 aromatic heterocycles. The van der Waals surface area contributed by atoms with Gasteiger partial charge in [-0.1, -0.05) is 23.7 Å². The number of hydrogen-bond donors (Lipinski definition) is 1. The predicted molar refractivity (Wildman–Crippen MR) is 103 cm³/mol. The largest absolute Gasteiger partial charge is 0.460 e. The van der Waals surface area contributed by atoms with Crippen LogP contribution in [0.1, 0.15) is 18.6 Å². The monoisotopic (exact) mass is 368 g/mol. The second-order valence-electron chi connectivity index (χ2n) is 6.46. The number of piperidine rings is 1. The molecule has 0 radical (unpaired) electrons. The molecule has 1 aliphatic heterocycles. The standard InChI is InChI=1S/C20H21ClN4O/c21-18-7-2-1-6-17(18)19-9-8-16(26-19)13-24-15-5-3-12-25(14-15)20-22-10-4-11-23-20/h1-2,4,6-11,15,24H,3,5,12-14H2/t15-/m0/s1. The van der Waals surface area contributed by atoms with E-state index >= 15 is 0 Å². The molecule has 0 amide bonds. The highest BCUT2D eigenvalue weighted by Crippen LogP contribution is 2.29. The number of anilines is 1. The second-order valence-corrected chi connectivity index (χ2v) is 6.87. The Morgan fingerprint density at radius 3 is 2.81 bits per heavy atom. The van der Waals surface area contributed by atoms with E-state index in [4.69, 9.17) is 16.0 Å². The molecular formula is C20H21ClN4O. The van der Waals surface area contributed by atoms with Gasteiger partial charge in [0.05, 0.1) is 11.6 Å². The first-order valence-electron chi connectivity index (χ1n) is 8.88. The van der Waals surface area contributed by atoms with Gasteiger partial charge < -0.3 is 14.6 Å². The van der Waals surface area contributed by atoms with Gasteiger partial charge in [-0.25, -0.2) is 9.97 Å². The summed E-state index contributed by atoms with van der Waals surface area (Å²) >= 11 is 6.25. The van der Waals surface area contributed by atoms with Gasteiger partial charge in [0.15, 0.2) is 0 Å². The maximum absolute atomic E-state index is 6.25. The van der Waals surface area contributed by atoms with Gasteiger partial charge in [0, 0.05) is 37.1 Å². The lowest BCUT2D eigenvalue weighted by atomic mass is 10.1. The zero-order valence-corrected chi connectivity index (χ0v) is 15.2. The van der Waals surface area contributed by atoms with Gasteiger partial charge in [0.25, 0.3) is 0 Å². The van der Waals surface area contributed by atoms with E-state index in [9.17, 15) is 0 Å². The Bertz CT molecular complexity index is 852. The summed E-state index contributed by atoms with van der Waals surface area (Å²) in [6.45, 7) is 2.60. The van der Waals surface area contributed by atoms with Crippen molar-refractivity contribution in [3.63, 3.8) is 0 Å². The molecule has 0 spiro atoms. The zero-order valence-electron chi connectivity index (χ0n) is 14.4. The highest BCUT2D eigenvalue weighted by atomic mass is 35.5. The first-order chi connectivity index (χ1) is 12.8. The van der Waals surface area contributed by atoms with E-state index in [1.165, 1.54) is 0 Å². The number of nitrogens with zero attached hydrogens (tertiary/aromatic N) is 3. The Kier molecular flexibility index (Phi) is 5.18. The molecule has 1 saturated heterocycles. The topological polar surface area (TPSA) is 54.2 Å². The predicted octanol–water partition coefficient (Wildman–Crippen LogP) is 4.15. The Balaban J connectivity index is 1.36. The van der Waals surface area contributed by atoms with E-state index in [1.54, 1.807) is 12.4 Å². The number of hydrogen-bond acceptors (Lipinski definition) is 5. The van der Waals surface area contributed by atoms with Gasteiger partial charge in [0.2, 0.25) is 5.95 Å². The van der Waals surface area contributed by atoms with Gasteiger partial charge in [-0.3, -0.25) is 0 Å². The molecular weight excluding hydrogens is 348 g/mol. The summed E-state index contributed by atoms with van der Waals surface area (Å²) in [7, 11) is 0. The fourth-order valence-corrected chi connectivity index (χ4v) is 3.53. The Morgan fingerprint density at radius 2 is 1.96 bits per heavy atom. The van der Waals surface area contributed by atoms with Crippen molar-refractivity contribution < 1.29 is 4.42 Å². The van der Waals surface area contributed by atoms with Crippen LogP contribution in [-0.2, 0) is 6.54 Å².